The van der Waals surface area contributed by atoms with E-state index in [1.165, 1.54) is 0 Å². The largest absolute Gasteiger partial charge is 0.379 e. The average molecular weight is 347 g/mol. The Morgan fingerprint density at radius 1 is 0.792 bits per heavy atom. The third-order valence-electron chi connectivity index (χ3n) is 2.89. The third-order valence-corrected chi connectivity index (χ3v) is 2.89. The van der Waals surface area contributed by atoms with Gasteiger partial charge >= 0.3 is 0 Å². The van der Waals surface area contributed by atoms with Gasteiger partial charge in [0.15, 0.2) is 0 Å². The summed E-state index contributed by atoms with van der Waals surface area (Å²) in [6.07, 6.45) is 1.42. The summed E-state index contributed by atoms with van der Waals surface area (Å²) in [7, 11) is 1.57. The van der Waals surface area contributed by atoms with Crippen molar-refractivity contribution >= 4 is 17.7 Å². The molecule has 0 spiro atoms. The van der Waals surface area contributed by atoms with Crippen molar-refractivity contribution < 1.29 is 28.6 Å². The van der Waals surface area contributed by atoms with Crippen LogP contribution in [-0.2, 0) is 28.6 Å². The Hall–Kier alpha value is -1.71. The van der Waals surface area contributed by atoms with E-state index in [0.29, 0.717) is 65.4 Å². The number of nitrogens with two attached hydrogens (primary N) is 1. The second kappa shape index (κ2) is 16.2. The van der Waals surface area contributed by atoms with Crippen molar-refractivity contribution in [3.63, 3.8) is 0 Å². The van der Waals surface area contributed by atoms with Crippen molar-refractivity contribution in [1.29, 1.82) is 0 Å². The molecule has 140 valence electrons. The van der Waals surface area contributed by atoms with Crippen LogP contribution < -0.4 is 16.4 Å². The van der Waals surface area contributed by atoms with E-state index in [1.807, 2.05) is 0 Å². The van der Waals surface area contributed by atoms with Gasteiger partial charge in [-0.25, -0.2) is 0 Å². The van der Waals surface area contributed by atoms with Crippen molar-refractivity contribution in [2.45, 2.75) is 25.7 Å². The first-order chi connectivity index (χ1) is 11.6. The summed E-state index contributed by atoms with van der Waals surface area (Å²) >= 11 is 0. The Balaban J connectivity index is 3.20. The summed E-state index contributed by atoms with van der Waals surface area (Å²) in [5.41, 5.74) is 4.96. The van der Waals surface area contributed by atoms with E-state index in [9.17, 15) is 14.4 Å². The van der Waals surface area contributed by atoms with Crippen LogP contribution in [0.2, 0.25) is 0 Å². The fourth-order valence-electron chi connectivity index (χ4n) is 1.60. The fraction of sp³-hybridized carbons (Fsp3) is 0.800. The first-order valence-electron chi connectivity index (χ1n) is 8.05. The highest BCUT2D eigenvalue weighted by Gasteiger charge is 2.03. The molecule has 0 heterocycles. The second-order valence-electron chi connectivity index (χ2n) is 4.93. The minimum absolute atomic E-state index is 0.0654. The van der Waals surface area contributed by atoms with Crippen molar-refractivity contribution in [3.05, 3.63) is 0 Å². The molecule has 3 amide bonds. The number of rotatable bonds is 16. The minimum Gasteiger partial charge on any atom is -0.379 e. The summed E-state index contributed by atoms with van der Waals surface area (Å²) in [5, 5.41) is 5.22. The maximum Gasteiger partial charge on any atom is 0.220 e. The number of carbonyl (C=O) groups is 3. The highest BCUT2D eigenvalue weighted by Crippen LogP contribution is 1.94. The van der Waals surface area contributed by atoms with Crippen LogP contribution in [-0.4, -0.2) is 71.0 Å². The lowest BCUT2D eigenvalue weighted by Gasteiger charge is -2.07. The van der Waals surface area contributed by atoms with Crippen LogP contribution in [0, 0.1) is 0 Å². The van der Waals surface area contributed by atoms with Crippen LogP contribution in [0.1, 0.15) is 25.7 Å². The van der Waals surface area contributed by atoms with Crippen LogP contribution in [0.5, 0.6) is 0 Å². The summed E-state index contributed by atoms with van der Waals surface area (Å²) in [4.78, 5) is 32.9. The van der Waals surface area contributed by atoms with E-state index in [0.717, 1.165) is 0 Å². The van der Waals surface area contributed by atoms with Gasteiger partial charge in [-0.3, -0.25) is 14.4 Å². The van der Waals surface area contributed by atoms with Crippen molar-refractivity contribution in [1.82, 2.24) is 10.6 Å². The summed E-state index contributed by atoms with van der Waals surface area (Å²) in [6, 6.07) is 0. The normalized spacial score (nSPS) is 10.4. The minimum atomic E-state index is -0.386. The number of hydrogen-bond donors (Lipinski definition) is 3. The average Bonchev–Trinajstić information content (AvgIpc) is 2.55. The summed E-state index contributed by atoms with van der Waals surface area (Å²) in [6.45, 7) is 2.81. The van der Waals surface area contributed by atoms with Gasteiger partial charge in [-0.05, 0) is 6.42 Å². The molecule has 0 aromatic rings. The first-order valence-corrected chi connectivity index (χ1v) is 8.05. The van der Waals surface area contributed by atoms with Gasteiger partial charge < -0.3 is 30.6 Å². The molecule has 0 bridgehead atoms. The van der Waals surface area contributed by atoms with Crippen molar-refractivity contribution in [2.24, 2.45) is 5.73 Å². The van der Waals surface area contributed by atoms with Gasteiger partial charge in [0.05, 0.1) is 39.6 Å². The van der Waals surface area contributed by atoms with E-state index < -0.39 is 0 Å². The van der Waals surface area contributed by atoms with E-state index in [2.05, 4.69) is 10.6 Å². The molecule has 0 radical (unpaired) electrons. The van der Waals surface area contributed by atoms with Gasteiger partial charge in [0.25, 0.3) is 0 Å². The van der Waals surface area contributed by atoms with Crippen molar-refractivity contribution in [3.8, 4) is 0 Å². The smallest absolute Gasteiger partial charge is 0.220 e. The van der Waals surface area contributed by atoms with E-state index in [-0.39, 0.29) is 24.1 Å². The predicted octanol–water partition coefficient (Wildman–Crippen LogP) is -1.06. The van der Waals surface area contributed by atoms with E-state index in [1.54, 1.807) is 7.05 Å². The highest BCUT2D eigenvalue weighted by molar-refractivity contribution is 5.78. The van der Waals surface area contributed by atoms with Gasteiger partial charge in [0, 0.05) is 32.9 Å². The molecule has 0 aliphatic carbocycles. The third kappa shape index (κ3) is 16.7. The molecule has 0 fully saturated rings. The number of ether oxygens (including phenoxy) is 3. The molecule has 0 aromatic heterocycles. The number of hydrogen-bond acceptors (Lipinski definition) is 6. The van der Waals surface area contributed by atoms with E-state index >= 15 is 0 Å². The molecule has 4 N–H and O–H groups in total. The zero-order chi connectivity index (χ0) is 18.0. The van der Waals surface area contributed by atoms with Crippen LogP contribution in [0.3, 0.4) is 0 Å². The van der Waals surface area contributed by atoms with Crippen LogP contribution in [0.4, 0.5) is 0 Å². The number of primary amides is 1. The molecule has 0 aromatic carbocycles. The predicted molar refractivity (Wildman–Crippen MR) is 87.2 cm³/mol. The maximum atomic E-state index is 11.4. The summed E-state index contributed by atoms with van der Waals surface area (Å²) in [5.74, 6) is -0.542. The zero-order valence-corrected chi connectivity index (χ0v) is 14.3. The van der Waals surface area contributed by atoms with Gasteiger partial charge in [-0.2, -0.15) is 0 Å². The summed E-state index contributed by atoms with van der Waals surface area (Å²) < 4.78 is 15.7. The van der Waals surface area contributed by atoms with Gasteiger partial charge in [0.1, 0.15) is 0 Å². The molecule has 0 aliphatic rings. The molecule has 0 rings (SSSR count). The molecule has 9 heteroatoms. The highest BCUT2D eigenvalue weighted by atomic mass is 16.5. The monoisotopic (exact) mass is 347 g/mol. The van der Waals surface area contributed by atoms with Gasteiger partial charge in [0.2, 0.25) is 17.7 Å². The zero-order valence-electron chi connectivity index (χ0n) is 14.3. The molecule has 0 saturated carbocycles. The lowest BCUT2D eigenvalue weighted by atomic mass is 10.2. The van der Waals surface area contributed by atoms with Gasteiger partial charge in [-0.1, -0.05) is 0 Å². The molecule has 0 saturated heterocycles. The Morgan fingerprint density at radius 3 is 1.92 bits per heavy atom. The molecule has 0 atom stereocenters. The Morgan fingerprint density at radius 2 is 1.33 bits per heavy atom. The molecule has 24 heavy (non-hydrogen) atoms. The van der Waals surface area contributed by atoms with E-state index in [4.69, 9.17) is 19.9 Å². The molecular formula is C15H29N3O6. The molecule has 0 aliphatic heterocycles. The lowest BCUT2D eigenvalue weighted by molar-refractivity contribution is -0.122. The topological polar surface area (TPSA) is 129 Å². The van der Waals surface area contributed by atoms with Gasteiger partial charge in [-0.15, -0.1) is 0 Å². The SMILES string of the molecule is CNC(=O)CCCC(=O)NCCOCCOCCOCCC(N)=O. The molecule has 0 unspecified atom stereocenters. The fourth-order valence-corrected chi connectivity index (χ4v) is 1.60. The van der Waals surface area contributed by atoms with Crippen LogP contribution in [0.25, 0.3) is 0 Å². The van der Waals surface area contributed by atoms with Crippen LogP contribution in [0.15, 0.2) is 0 Å². The number of carbonyl (C=O) groups excluding carboxylic acids is 3. The number of amides is 3. The lowest BCUT2D eigenvalue weighted by Crippen LogP contribution is -2.28. The first kappa shape index (κ1) is 22.3. The maximum absolute atomic E-state index is 11.4. The molecule has 9 nitrogen and oxygen atoms in total. The Labute approximate surface area is 142 Å². The molecular weight excluding hydrogens is 318 g/mol. The Bertz CT molecular complexity index is 365. The quantitative estimate of drug-likeness (QED) is 0.305. The second-order valence-corrected chi connectivity index (χ2v) is 4.93. The van der Waals surface area contributed by atoms with Crippen LogP contribution >= 0.6 is 0 Å². The number of nitrogens with one attached hydrogen (secondary N) is 2. The van der Waals surface area contributed by atoms with Crippen molar-refractivity contribution in [2.75, 3.05) is 53.2 Å². The standard InChI is InChI=1S/C15H29N3O6/c1-17-14(20)3-2-4-15(21)18-6-8-23-10-12-24-11-9-22-7-5-13(16)19/h2-12H2,1H3,(H2,16,19)(H,17,20)(H,18,21). The Kier molecular flexibility index (Phi) is 15.0.